The lowest BCUT2D eigenvalue weighted by Crippen LogP contribution is -2.34. The molecule has 6 heteroatoms. The second-order valence-electron chi connectivity index (χ2n) is 5.63. The minimum atomic E-state index is -0.492. The summed E-state index contributed by atoms with van der Waals surface area (Å²) in [5, 5.41) is 3.44. The van der Waals surface area contributed by atoms with E-state index in [0.717, 1.165) is 16.5 Å². The molecule has 0 spiro atoms. The van der Waals surface area contributed by atoms with E-state index in [1.165, 1.54) is 23.1 Å². The van der Waals surface area contributed by atoms with E-state index >= 15 is 0 Å². The van der Waals surface area contributed by atoms with Gasteiger partial charge in [0.1, 0.15) is 5.82 Å². The smallest absolute Gasteiger partial charge is 0.322 e. The number of hydrogen-bond donors (Lipinski definition) is 2. The predicted molar refractivity (Wildman–Crippen MR) is 96.1 cm³/mol. The number of anilines is 1. The number of hydrogen-bond acceptors (Lipinski definition) is 2. The van der Waals surface area contributed by atoms with Gasteiger partial charge >= 0.3 is 6.03 Å². The van der Waals surface area contributed by atoms with Crippen molar-refractivity contribution in [3.05, 3.63) is 76.3 Å². The molecule has 1 heterocycles. The number of rotatable bonds is 4. The van der Waals surface area contributed by atoms with Crippen LogP contribution in [0, 0.1) is 5.82 Å². The average Bonchev–Trinajstić information content (AvgIpc) is 2.61. The molecule has 2 amide bonds. The highest BCUT2D eigenvalue weighted by Gasteiger charge is 2.15. The van der Waals surface area contributed by atoms with Crippen molar-refractivity contribution >= 4 is 22.6 Å². The lowest BCUT2D eigenvalue weighted by molar-refractivity contribution is 0.212. The Morgan fingerprint density at radius 2 is 1.88 bits per heavy atom. The molecule has 3 aromatic rings. The Bertz CT molecular complexity index is 968. The molecule has 0 fully saturated rings. The third-order valence-electron chi connectivity index (χ3n) is 3.98. The van der Waals surface area contributed by atoms with Gasteiger partial charge in [-0.3, -0.25) is 4.79 Å². The van der Waals surface area contributed by atoms with E-state index < -0.39 is 11.8 Å². The number of amides is 2. The molecule has 128 valence electrons. The Morgan fingerprint density at radius 1 is 1.16 bits per heavy atom. The van der Waals surface area contributed by atoms with E-state index in [9.17, 15) is 14.0 Å². The standard InChI is InChI=1S/C19H18FN3O2/c1-2-23(19(25)22-17-10-6-4-8-15(17)20)12-13-11-18(24)21-16-9-5-3-7-14(13)16/h3-11H,2,12H2,1H3,(H,21,24)(H,22,25). The molecule has 25 heavy (non-hydrogen) atoms. The summed E-state index contributed by atoms with van der Waals surface area (Å²) in [5.74, 6) is -0.492. The van der Waals surface area contributed by atoms with Gasteiger partial charge in [-0.05, 0) is 30.7 Å². The van der Waals surface area contributed by atoms with Gasteiger partial charge in [0.25, 0.3) is 0 Å². The molecule has 5 nitrogen and oxygen atoms in total. The van der Waals surface area contributed by atoms with Crippen molar-refractivity contribution in [2.75, 3.05) is 11.9 Å². The topological polar surface area (TPSA) is 65.2 Å². The van der Waals surface area contributed by atoms with Crippen LogP contribution in [0.15, 0.2) is 59.4 Å². The number of benzene rings is 2. The van der Waals surface area contributed by atoms with E-state index in [1.807, 2.05) is 31.2 Å². The molecule has 0 saturated heterocycles. The van der Waals surface area contributed by atoms with Crippen LogP contribution in [0.5, 0.6) is 0 Å². The summed E-state index contributed by atoms with van der Waals surface area (Å²) in [6, 6.07) is 14.5. The number of halogens is 1. The van der Waals surface area contributed by atoms with Gasteiger partial charge in [-0.15, -0.1) is 0 Å². The number of carbonyl (C=O) groups excluding carboxylic acids is 1. The van der Waals surface area contributed by atoms with Gasteiger partial charge in [0.15, 0.2) is 0 Å². The number of carbonyl (C=O) groups is 1. The number of nitrogens with zero attached hydrogens (tertiary/aromatic N) is 1. The highest BCUT2D eigenvalue weighted by molar-refractivity contribution is 5.90. The number of aromatic nitrogens is 1. The van der Waals surface area contributed by atoms with Gasteiger partial charge in [-0.2, -0.15) is 0 Å². The van der Waals surface area contributed by atoms with Crippen molar-refractivity contribution in [3.8, 4) is 0 Å². The van der Waals surface area contributed by atoms with Crippen LogP contribution >= 0.6 is 0 Å². The van der Waals surface area contributed by atoms with Crippen LogP contribution < -0.4 is 10.9 Å². The molecule has 0 bridgehead atoms. The molecule has 2 aromatic carbocycles. The Morgan fingerprint density at radius 3 is 2.64 bits per heavy atom. The first-order valence-corrected chi connectivity index (χ1v) is 8.00. The minimum absolute atomic E-state index is 0.127. The Labute approximate surface area is 144 Å². The molecular weight excluding hydrogens is 321 g/mol. The van der Waals surface area contributed by atoms with Crippen LogP contribution in [0.25, 0.3) is 10.9 Å². The largest absolute Gasteiger partial charge is 0.322 e. The van der Waals surface area contributed by atoms with Crippen molar-refractivity contribution in [2.45, 2.75) is 13.5 Å². The van der Waals surface area contributed by atoms with Gasteiger partial charge in [0.2, 0.25) is 5.56 Å². The first-order chi connectivity index (χ1) is 12.1. The zero-order valence-corrected chi connectivity index (χ0v) is 13.8. The lowest BCUT2D eigenvalue weighted by Gasteiger charge is -2.22. The molecule has 0 radical (unpaired) electrons. The normalized spacial score (nSPS) is 10.6. The summed E-state index contributed by atoms with van der Waals surface area (Å²) < 4.78 is 13.7. The Balaban J connectivity index is 1.86. The molecule has 3 rings (SSSR count). The third kappa shape index (κ3) is 3.68. The van der Waals surface area contributed by atoms with Crippen LogP contribution in [0.4, 0.5) is 14.9 Å². The monoisotopic (exact) mass is 339 g/mol. The quantitative estimate of drug-likeness (QED) is 0.761. The average molecular weight is 339 g/mol. The number of H-pyrrole nitrogens is 1. The lowest BCUT2D eigenvalue weighted by atomic mass is 10.1. The van der Waals surface area contributed by atoms with Gasteiger partial charge in [-0.1, -0.05) is 30.3 Å². The van der Waals surface area contributed by atoms with Crippen LogP contribution in [0.2, 0.25) is 0 Å². The first-order valence-electron chi connectivity index (χ1n) is 8.00. The number of fused-ring (bicyclic) bond motifs is 1. The molecule has 1 aromatic heterocycles. The second kappa shape index (κ2) is 7.17. The molecule has 2 N–H and O–H groups in total. The number of pyridine rings is 1. The maximum absolute atomic E-state index is 13.7. The molecule has 0 aliphatic heterocycles. The van der Waals surface area contributed by atoms with Crippen LogP contribution in [-0.2, 0) is 6.54 Å². The Hall–Kier alpha value is -3.15. The van der Waals surface area contributed by atoms with Crippen molar-refractivity contribution in [1.29, 1.82) is 0 Å². The molecule has 0 atom stereocenters. The van der Waals surface area contributed by atoms with Crippen molar-refractivity contribution in [3.63, 3.8) is 0 Å². The number of aromatic amines is 1. The SMILES string of the molecule is CCN(Cc1cc(=O)[nH]c2ccccc12)C(=O)Nc1ccccc1F. The van der Waals surface area contributed by atoms with E-state index in [-0.39, 0.29) is 17.8 Å². The van der Waals surface area contributed by atoms with Crippen molar-refractivity contribution in [2.24, 2.45) is 0 Å². The summed E-state index contributed by atoms with van der Waals surface area (Å²) in [7, 11) is 0. The summed E-state index contributed by atoms with van der Waals surface area (Å²) in [5.41, 5.74) is 1.36. The van der Waals surface area contributed by atoms with Gasteiger partial charge in [-0.25, -0.2) is 9.18 Å². The predicted octanol–water partition coefficient (Wildman–Crippen LogP) is 3.72. The molecule has 0 aliphatic carbocycles. The highest BCUT2D eigenvalue weighted by Crippen LogP contribution is 2.18. The maximum Gasteiger partial charge on any atom is 0.322 e. The van der Waals surface area contributed by atoms with E-state index in [4.69, 9.17) is 0 Å². The maximum atomic E-state index is 13.7. The van der Waals surface area contributed by atoms with Gasteiger partial charge in [0.05, 0.1) is 5.69 Å². The van der Waals surface area contributed by atoms with Crippen LogP contribution in [0.3, 0.4) is 0 Å². The number of para-hydroxylation sites is 2. The number of urea groups is 1. The fourth-order valence-corrected chi connectivity index (χ4v) is 2.70. The second-order valence-corrected chi connectivity index (χ2v) is 5.63. The summed E-state index contributed by atoms with van der Waals surface area (Å²) in [4.78, 5) is 28.6. The highest BCUT2D eigenvalue weighted by atomic mass is 19.1. The zero-order valence-electron chi connectivity index (χ0n) is 13.8. The Kier molecular flexibility index (Phi) is 4.79. The minimum Gasteiger partial charge on any atom is -0.322 e. The molecule has 0 unspecified atom stereocenters. The third-order valence-corrected chi connectivity index (χ3v) is 3.98. The van der Waals surface area contributed by atoms with Gasteiger partial charge in [0, 0.05) is 30.1 Å². The fourth-order valence-electron chi connectivity index (χ4n) is 2.70. The van der Waals surface area contributed by atoms with E-state index in [0.29, 0.717) is 6.54 Å². The van der Waals surface area contributed by atoms with Crippen LogP contribution in [-0.4, -0.2) is 22.5 Å². The summed E-state index contributed by atoms with van der Waals surface area (Å²) in [6.07, 6.45) is 0. The van der Waals surface area contributed by atoms with Crippen molar-refractivity contribution in [1.82, 2.24) is 9.88 Å². The van der Waals surface area contributed by atoms with Gasteiger partial charge < -0.3 is 15.2 Å². The first kappa shape index (κ1) is 16.7. The van der Waals surface area contributed by atoms with Crippen molar-refractivity contribution < 1.29 is 9.18 Å². The van der Waals surface area contributed by atoms with E-state index in [2.05, 4.69) is 10.3 Å². The molecular formula is C19H18FN3O2. The molecule has 0 saturated carbocycles. The fraction of sp³-hybridized carbons (Fsp3) is 0.158. The van der Waals surface area contributed by atoms with E-state index in [1.54, 1.807) is 12.1 Å². The number of nitrogens with one attached hydrogen (secondary N) is 2. The van der Waals surface area contributed by atoms with Crippen LogP contribution in [0.1, 0.15) is 12.5 Å². The summed E-state index contributed by atoms with van der Waals surface area (Å²) in [6.45, 7) is 2.50. The molecule has 0 aliphatic rings. The summed E-state index contributed by atoms with van der Waals surface area (Å²) >= 11 is 0. The zero-order chi connectivity index (χ0) is 17.8.